The summed E-state index contributed by atoms with van der Waals surface area (Å²) in [6, 6.07) is 5.04. The molecule has 0 aliphatic carbocycles. The molecule has 0 fully saturated rings. The molecule has 0 spiro atoms. The maximum atomic E-state index is 11.6. The van der Waals surface area contributed by atoms with Crippen LogP contribution in [0.4, 0.5) is 0 Å². The van der Waals surface area contributed by atoms with Crippen molar-refractivity contribution in [2.75, 3.05) is 20.8 Å². The fraction of sp³-hybridized carbons (Fsp3) is 0.385. The molecule has 0 aliphatic heterocycles. The standard InChI is InChI=1S/C13H16O5/c1-17-10-3-4-13(18-2)9(7-10)8-12(16)11(15)5-6-14/h3-4,7,14H,5-6,8H2,1-2H3. The van der Waals surface area contributed by atoms with Gasteiger partial charge in [0.1, 0.15) is 11.5 Å². The highest BCUT2D eigenvalue weighted by Crippen LogP contribution is 2.24. The van der Waals surface area contributed by atoms with Gasteiger partial charge in [0, 0.05) is 18.4 Å². The first kappa shape index (κ1) is 14.2. The Hall–Kier alpha value is -1.88. The third kappa shape index (κ3) is 3.56. The van der Waals surface area contributed by atoms with Gasteiger partial charge in [-0.15, -0.1) is 0 Å². The number of carbonyl (C=O) groups excluding carboxylic acids is 2. The van der Waals surface area contributed by atoms with Gasteiger partial charge in [-0.05, 0) is 18.2 Å². The van der Waals surface area contributed by atoms with Crippen molar-refractivity contribution in [3.63, 3.8) is 0 Å². The number of rotatable bonds is 7. The molecule has 0 heterocycles. The van der Waals surface area contributed by atoms with Gasteiger partial charge in [0.2, 0.25) is 11.6 Å². The zero-order valence-corrected chi connectivity index (χ0v) is 10.4. The van der Waals surface area contributed by atoms with Crippen molar-refractivity contribution in [1.82, 2.24) is 0 Å². The van der Waals surface area contributed by atoms with Crippen LogP contribution in [-0.2, 0) is 16.0 Å². The summed E-state index contributed by atoms with van der Waals surface area (Å²) in [5.74, 6) is -0.00729. The molecular weight excluding hydrogens is 236 g/mol. The van der Waals surface area contributed by atoms with E-state index in [9.17, 15) is 9.59 Å². The Morgan fingerprint density at radius 1 is 1.17 bits per heavy atom. The molecule has 1 aromatic rings. The maximum absolute atomic E-state index is 11.6. The highest BCUT2D eigenvalue weighted by Gasteiger charge is 2.16. The Morgan fingerprint density at radius 2 is 1.89 bits per heavy atom. The van der Waals surface area contributed by atoms with Crippen molar-refractivity contribution < 1.29 is 24.2 Å². The van der Waals surface area contributed by atoms with Gasteiger partial charge in [-0.3, -0.25) is 9.59 Å². The quantitative estimate of drug-likeness (QED) is 0.725. The Morgan fingerprint density at radius 3 is 2.44 bits per heavy atom. The van der Waals surface area contributed by atoms with Crippen LogP contribution in [0.1, 0.15) is 12.0 Å². The average Bonchev–Trinajstić information content (AvgIpc) is 2.38. The summed E-state index contributed by atoms with van der Waals surface area (Å²) >= 11 is 0. The van der Waals surface area contributed by atoms with Crippen LogP contribution in [0.2, 0.25) is 0 Å². The minimum atomic E-state index is -0.581. The molecule has 5 heteroatoms. The number of hydrogen-bond donors (Lipinski definition) is 1. The molecule has 0 saturated carbocycles. The van der Waals surface area contributed by atoms with Crippen LogP contribution >= 0.6 is 0 Å². The van der Waals surface area contributed by atoms with E-state index in [1.807, 2.05) is 0 Å². The number of ketones is 2. The van der Waals surface area contributed by atoms with Gasteiger partial charge >= 0.3 is 0 Å². The van der Waals surface area contributed by atoms with Gasteiger partial charge in [0.15, 0.2) is 0 Å². The number of aliphatic hydroxyl groups excluding tert-OH is 1. The second kappa shape index (κ2) is 6.76. The number of methoxy groups -OCH3 is 2. The number of ether oxygens (including phenoxy) is 2. The minimum Gasteiger partial charge on any atom is -0.497 e. The fourth-order valence-corrected chi connectivity index (χ4v) is 1.53. The molecule has 0 aromatic heterocycles. The van der Waals surface area contributed by atoms with E-state index in [1.165, 1.54) is 14.2 Å². The summed E-state index contributed by atoms with van der Waals surface area (Å²) in [4.78, 5) is 22.9. The largest absolute Gasteiger partial charge is 0.497 e. The zero-order valence-electron chi connectivity index (χ0n) is 10.4. The molecule has 0 aliphatic rings. The second-order valence-electron chi connectivity index (χ2n) is 3.67. The van der Waals surface area contributed by atoms with Gasteiger partial charge < -0.3 is 14.6 Å². The lowest BCUT2D eigenvalue weighted by Crippen LogP contribution is -2.17. The highest BCUT2D eigenvalue weighted by atomic mass is 16.5. The van der Waals surface area contributed by atoms with E-state index in [2.05, 4.69) is 0 Å². The molecule has 0 unspecified atom stereocenters. The lowest BCUT2D eigenvalue weighted by Gasteiger charge is -2.09. The van der Waals surface area contributed by atoms with E-state index in [1.54, 1.807) is 18.2 Å². The molecule has 98 valence electrons. The van der Waals surface area contributed by atoms with E-state index >= 15 is 0 Å². The molecule has 0 saturated heterocycles. The predicted molar refractivity (Wildman–Crippen MR) is 65.0 cm³/mol. The van der Waals surface area contributed by atoms with Crippen LogP contribution in [0.5, 0.6) is 11.5 Å². The molecular formula is C13H16O5. The maximum Gasteiger partial charge on any atom is 0.202 e. The third-order valence-electron chi connectivity index (χ3n) is 2.49. The van der Waals surface area contributed by atoms with Crippen molar-refractivity contribution in [2.45, 2.75) is 12.8 Å². The lowest BCUT2D eigenvalue weighted by atomic mass is 10.0. The highest BCUT2D eigenvalue weighted by molar-refractivity contribution is 6.37. The normalized spacial score (nSPS) is 9.94. The Bertz CT molecular complexity index is 439. The zero-order chi connectivity index (χ0) is 13.5. The first-order valence-corrected chi connectivity index (χ1v) is 5.50. The first-order valence-electron chi connectivity index (χ1n) is 5.50. The van der Waals surface area contributed by atoms with Crippen molar-refractivity contribution in [3.05, 3.63) is 23.8 Å². The molecule has 1 aromatic carbocycles. The summed E-state index contributed by atoms with van der Waals surface area (Å²) < 4.78 is 10.2. The topological polar surface area (TPSA) is 72.8 Å². The van der Waals surface area contributed by atoms with E-state index in [-0.39, 0.29) is 19.4 Å². The van der Waals surface area contributed by atoms with Gasteiger partial charge in [-0.25, -0.2) is 0 Å². The number of carbonyl (C=O) groups is 2. The smallest absolute Gasteiger partial charge is 0.202 e. The number of aliphatic hydroxyl groups is 1. The van der Waals surface area contributed by atoms with Crippen molar-refractivity contribution in [2.24, 2.45) is 0 Å². The summed E-state index contributed by atoms with van der Waals surface area (Å²) in [6.45, 7) is -0.320. The average molecular weight is 252 g/mol. The van der Waals surface area contributed by atoms with Gasteiger partial charge in [-0.1, -0.05) is 0 Å². The fourth-order valence-electron chi connectivity index (χ4n) is 1.53. The van der Waals surface area contributed by atoms with Crippen LogP contribution in [0, 0.1) is 0 Å². The predicted octanol–water partition coefficient (Wildman–Crippen LogP) is 0.767. The molecule has 1 rings (SSSR count). The monoisotopic (exact) mass is 252 g/mol. The molecule has 0 radical (unpaired) electrons. The van der Waals surface area contributed by atoms with Crippen molar-refractivity contribution in [1.29, 1.82) is 0 Å². The van der Waals surface area contributed by atoms with Gasteiger partial charge in [0.05, 0.1) is 20.8 Å². The lowest BCUT2D eigenvalue weighted by molar-refractivity contribution is -0.136. The summed E-state index contributed by atoms with van der Waals surface area (Å²) in [5.41, 5.74) is 0.591. The molecule has 5 nitrogen and oxygen atoms in total. The van der Waals surface area contributed by atoms with Crippen LogP contribution in [0.25, 0.3) is 0 Å². The summed E-state index contributed by atoms with van der Waals surface area (Å²) in [7, 11) is 3.01. The molecule has 1 N–H and O–H groups in total. The number of hydrogen-bond acceptors (Lipinski definition) is 5. The van der Waals surface area contributed by atoms with Crippen LogP contribution in [0.15, 0.2) is 18.2 Å². The Balaban J connectivity index is 2.88. The van der Waals surface area contributed by atoms with Gasteiger partial charge in [-0.2, -0.15) is 0 Å². The van der Waals surface area contributed by atoms with Gasteiger partial charge in [0.25, 0.3) is 0 Å². The summed E-state index contributed by atoms with van der Waals surface area (Å²) in [6.07, 6.45) is -0.204. The van der Waals surface area contributed by atoms with E-state index in [0.29, 0.717) is 17.1 Å². The summed E-state index contributed by atoms with van der Waals surface area (Å²) in [5, 5.41) is 8.62. The van der Waals surface area contributed by atoms with Crippen LogP contribution in [0.3, 0.4) is 0 Å². The Labute approximate surface area is 105 Å². The molecule has 0 bridgehead atoms. The van der Waals surface area contributed by atoms with Crippen LogP contribution in [-0.4, -0.2) is 37.5 Å². The molecule has 0 amide bonds. The molecule has 18 heavy (non-hydrogen) atoms. The number of Topliss-reactive ketones (excluding diaryl/α,β-unsaturated/α-hetero) is 2. The molecule has 0 atom stereocenters. The van der Waals surface area contributed by atoms with Crippen LogP contribution < -0.4 is 9.47 Å². The number of benzene rings is 1. The van der Waals surface area contributed by atoms with E-state index in [0.717, 1.165) is 0 Å². The first-order chi connectivity index (χ1) is 8.62. The minimum absolute atomic E-state index is 0.0563. The Kier molecular flexibility index (Phi) is 5.32. The van der Waals surface area contributed by atoms with Crippen molar-refractivity contribution in [3.8, 4) is 11.5 Å². The third-order valence-corrected chi connectivity index (χ3v) is 2.49. The van der Waals surface area contributed by atoms with Crippen molar-refractivity contribution >= 4 is 11.6 Å². The second-order valence-corrected chi connectivity index (χ2v) is 3.67. The SMILES string of the molecule is COc1ccc(OC)c(CC(=O)C(=O)CCO)c1. The van der Waals surface area contributed by atoms with E-state index in [4.69, 9.17) is 14.6 Å². The van der Waals surface area contributed by atoms with E-state index < -0.39 is 11.6 Å².